The number of halogens is 1. The Hall–Kier alpha value is -2.00. The van der Waals surface area contributed by atoms with E-state index in [1.54, 1.807) is 7.11 Å². The third kappa shape index (κ3) is 4.23. The molecular weight excluding hydrogens is 286 g/mol. The maximum absolute atomic E-state index is 12.0. The molecule has 1 amide bonds. The Bertz CT molecular complexity index is 623. The second kappa shape index (κ2) is 7.14. The first kappa shape index (κ1) is 15.4. The van der Waals surface area contributed by atoms with E-state index in [4.69, 9.17) is 16.3 Å². The first-order valence-corrected chi connectivity index (χ1v) is 7.15. The second-order valence-corrected chi connectivity index (χ2v) is 5.25. The Morgan fingerprint density at radius 3 is 2.52 bits per heavy atom. The number of hydrogen-bond acceptors (Lipinski definition) is 2. The minimum Gasteiger partial charge on any atom is -0.495 e. The zero-order valence-electron chi connectivity index (χ0n) is 12.2. The smallest absolute Gasteiger partial charge is 0.251 e. The molecule has 0 bridgehead atoms. The van der Waals surface area contributed by atoms with E-state index in [9.17, 15) is 4.79 Å². The topological polar surface area (TPSA) is 38.3 Å². The molecule has 0 aliphatic heterocycles. The molecule has 2 rings (SSSR count). The quantitative estimate of drug-likeness (QED) is 0.916. The minimum absolute atomic E-state index is 0.0605. The molecule has 0 aliphatic rings. The van der Waals surface area contributed by atoms with Crippen molar-refractivity contribution in [3.63, 3.8) is 0 Å². The lowest BCUT2D eigenvalue weighted by molar-refractivity contribution is 0.0954. The average molecular weight is 304 g/mol. The van der Waals surface area contributed by atoms with Crippen LogP contribution in [0.1, 0.15) is 21.5 Å². The summed E-state index contributed by atoms with van der Waals surface area (Å²) in [6, 6.07) is 13.2. The minimum atomic E-state index is -0.0605. The molecule has 3 nitrogen and oxygen atoms in total. The SMILES string of the molecule is COc1ccc(CCNC(=O)c2ccc(C)cc2)cc1Cl. The Labute approximate surface area is 129 Å². The van der Waals surface area contributed by atoms with Gasteiger partial charge in [0.25, 0.3) is 5.91 Å². The fraction of sp³-hybridized carbons (Fsp3) is 0.235. The summed E-state index contributed by atoms with van der Waals surface area (Å²) in [5, 5.41) is 3.48. The van der Waals surface area contributed by atoms with Gasteiger partial charge in [0.1, 0.15) is 5.75 Å². The Kier molecular flexibility index (Phi) is 5.23. The van der Waals surface area contributed by atoms with Crippen LogP contribution >= 0.6 is 11.6 Å². The third-order valence-electron chi connectivity index (χ3n) is 3.23. The number of benzene rings is 2. The lowest BCUT2D eigenvalue weighted by Crippen LogP contribution is -2.25. The highest BCUT2D eigenvalue weighted by Gasteiger charge is 2.05. The maximum Gasteiger partial charge on any atom is 0.251 e. The number of methoxy groups -OCH3 is 1. The summed E-state index contributed by atoms with van der Waals surface area (Å²) in [4.78, 5) is 12.0. The van der Waals surface area contributed by atoms with Crippen LogP contribution in [0.5, 0.6) is 5.75 Å². The highest BCUT2D eigenvalue weighted by Crippen LogP contribution is 2.24. The number of ether oxygens (including phenoxy) is 1. The van der Waals surface area contributed by atoms with Gasteiger partial charge in [-0.05, 0) is 43.2 Å². The summed E-state index contributed by atoms with van der Waals surface area (Å²) in [6.45, 7) is 2.56. The van der Waals surface area contributed by atoms with Crippen molar-refractivity contribution in [3.05, 3.63) is 64.2 Å². The van der Waals surface area contributed by atoms with Crippen molar-refractivity contribution in [1.29, 1.82) is 0 Å². The van der Waals surface area contributed by atoms with Crippen LogP contribution < -0.4 is 10.1 Å². The Morgan fingerprint density at radius 1 is 1.19 bits per heavy atom. The zero-order valence-corrected chi connectivity index (χ0v) is 12.9. The summed E-state index contributed by atoms with van der Waals surface area (Å²) < 4.78 is 5.11. The molecule has 0 unspecified atom stereocenters. The van der Waals surface area contributed by atoms with Crippen LogP contribution in [0.3, 0.4) is 0 Å². The van der Waals surface area contributed by atoms with Crippen molar-refractivity contribution in [1.82, 2.24) is 5.32 Å². The third-order valence-corrected chi connectivity index (χ3v) is 3.52. The first-order chi connectivity index (χ1) is 10.1. The molecule has 0 saturated heterocycles. The van der Waals surface area contributed by atoms with Gasteiger partial charge in [0, 0.05) is 12.1 Å². The van der Waals surface area contributed by atoms with E-state index in [1.807, 2.05) is 49.4 Å². The Morgan fingerprint density at radius 2 is 1.90 bits per heavy atom. The van der Waals surface area contributed by atoms with Crippen LogP contribution in [0.15, 0.2) is 42.5 Å². The van der Waals surface area contributed by atoms with Crippen LogP contribution in [0, 0.1) is 6.92 Å². The number of rotatable bonds is 5. The number of amides is 1. The molecule has 0 aromatic heterocycles. The molecule has 2 aromatic carbocycles. The average Bonchev–Trinajstić information content (AvgIpc) is 2.48. The van der Waals surface area contributed by atoms with Crippen LogP contribution in [-0.4, -0.2) is 19.6 Å². The lowest BCUT2D eigenvalue weighted by atomic mass is 10.1. The van der Waals surface area contributed by atoms with Crippen molar-refractivity contribution in [2.75, 3.05) is 13.7 Å². The Balaban J connectivity index is 1.88. The zero-order chi connectivity index (χ0) is 15.2. The second-order valence-electron chi connectivity index (χ2n) is 4.84. The van der Waals surface area contributed by atoms with Crippen molar-refractivity contribution in [2.45, 2.75) is 13.3 Å². The summed E-state index contributed by atoms with van der Waals surface area (Å²) in [5.41, 5.74) is 2.87. The number of aryl methyl sites for hydroxylation is 1. The van der Waals surface area contributed by atoms with Crippen LogP contribution in [0.2, 0.25) is 5.02 Å². The van der Waals surface area contributed by atoms with E-state index in [0.29, 0.717) is 22.9 Å². The lowest BCUT2D eigenvalue weighted by Gasteiger charge is -2.08. The molecule has 0 heterocycles. The predicted molar refractivity (Wildman–Crippen MR) is 85.2 cm³/mol. The standard InChI is InChI=1S/C17H18ClNO2/c1-12-3-6-14(7-4-12)17(20)19-10-9-13-5-8-16(21-2)15(18)11-13/h3-8,11H,9-10H2,1-2H3,(H,19,20). The maximum atomic E-state index is 12.0. The van der Waals surface area contributed by atoms with Crippen molar-refractivity contribution in [3.8, 4) is 5.75 Å². The molecule has 0 fully saturated rings. The van der Waals surface area contributed by atoms with Gasteiger partial charge < -0.3 is 10.1 Å². The van der Waals surface area contributed by atoms with E-state index in [2.05, 4.69) is 5.32 Å². The van der Waals surface area contributed by atoms with Gasteiger partial charge in [-0.3, -0.25) is 4.79 Å². The van der Waals surface area contributed by atoms with Gasteiger partial charge in [-0.25, -0.2) is 0 Å². The largest absolute Gasteiger partial charge is 0.495 e. The molecular formula is C17H18ClNO2. The van der Waals surface area contributed by atoms with Gasteiger partial charge in [-0.2, -0.15) is 0 Å². The highest BCUT2D eigenvalue weighted by atomic mass is 35.5. The fourth-order valence-electron chi connectivity index (χ4n) is 1.99. The summed E-state index contributed by atoms with van der Waals surface area (Å²) in [7, 11) is 1.59. The first-order valence-electron chi connectivity index (χ1n) is 6.77. The number of nitrogens with one attached hydrogen (secondary N) is 1. The highest BCUT2D eigenvalue weighted by molar-refractivity contribution is 6.32. The van der Waals surface area contributed by atoms with Gasteiger partial charge in [-0.15, -0.1) is 0 Å². The van der Waals surface area contributed by atoms with Crippen molar-refractivity contribution >= 4 is 17.5 Å². The fourth-order valence-corrected chi connectivity index (χ4v) is 2.27. The number of carbonyl (C=O) groups excluding carboxylic acids is 1. The van der Waals surface area contributed by atoms with Crippen LogP contribution in [0.25, 0.3) is 0 Å². The van der Waals surface area contributed by atoms with E-state index in [1.165, 1.54) is 0 Å². The molecule has 0 aliphatic carbocycles. The van der Waals surface area contributed by atoms with Crippen LogP contribution in [-0.2, 0) is 6.42 Å². The number of hydrogen-bond donors (Lipinski definition) is 1. The molecule has 0 atom stereocenters. The van der Waals surface area contributed by atoms with Gasteiger partial charge in [0.2, 0.25) is 0 Å². The summed E-state index contributed by atoms with van der Waals surface area (Å²) in [6.07, 6.45) is 0.724. The number of carbonyl (C=O) groups is 1. The normalized spacial score (nSPS) is 10.2. The monoisotopic (exact) mass is 303 g/mol. The van der Waals surface area contributed by atoms with Gasteiger partial charge >= 0.3 is 0 Å². The molecule has 1 N–H and O–H groups in total. The van der Waals surface area contributed by atoms with E-state index in [0.717, 1.165) is 17.5 Å². The molecule has 21 heavy (non-hydrogen) atoms. The summed E-state index contributed by atoms with van der Waals surface area (Å²) in [5.74, 6) is 0.596. The van der Waals surface area contributed by atoms with Crippen LogP contribution in [0.4, 0.5) is 0 Å². The van der Waals surface area contributed by atoms with Gasteiger partial charge in [0.05, 0.1) is 12.1 Å². The van der Waals surface area contributed by atoms with Gasteiger partial charge in [0.15, 0.2) is 0 Å². The van der Waals surface area contributed by atoms with Gasteiger partial charge in [-0.1, -0.05) is 35.4 Å². The molecule has 2 aromatic rings. The van der Waals surface area contributed by atoms with Crippen molar-refractivity contribution < 1.29 is 9.53 Å². The molecule has 4 heteroatoms. The summed E-state index contributed by atoms with van der Waals surface area (Å²) >= 11 is 6.07. The van der Waals surface area contributed by atoms with E-state index in [-0.39, 0.29) is 5.91 Å². The van der Waals surface area contributed by atoms with Crippen molar-refractivity contribution in [2.24, 2.45) is 0 Å². The molecule has 0 spiro atoms. The molecule has 0 saturated carbocycles. The molecule has 0 radical (unpaired) electrons. The van der Waals surface area contributed by atoms with E-state index >= 15 is 0 Å². The molecule has 110 valence electrons. The predicted octanol–water partition coefficient (Wildman–Crippen LogP) is 3.63. The van der Waals surface area contributed by atoms with E-state index < -0.39 is 0 Å².